The molecule has 2 aliphatic heterocycles. The molecule has 2 aliphatic rings. The molecule has 0 saturated carbocycles. The van der Waals surface area contributed by atoms with Crippen molar-refractivity contribution >= 4 is 5.78 Å². The normalized spacial score (nSPS) is 29.2. The van der Waals surface area contributed by atoms with E-state index in [1.54, 1.807) is 0 Å². The molecule has 178 valence electrons. The molecule has 6 atom stereocenters. The van der Waals surface area contributed by atoms with Crippen LogP contribution in [0.4, 0.5) is 0 Å². The van der Waals surface area contributed by atoms with Gasteiger partial charge in [0.1, 0.15) is 64.8 Å². The number of ketones is 1. The Balaban J connectivity index is 1.67. The number of hydrogen-bond acceptors (Lipinski definition) is 11. The van der Waals surface area contributed by atoms with Gasteiger partial charge in [-0.2, -0.15) is 0 Å². The number of benzene rings is 2. The number of phenols is 2. The van der Waals surface area contributed by atoms with E-state index in [4.69, 9.17) is 18.9 Å². The lowest BCUT2D eigenvalue weighted by Gasteiger charge is -2.40. The minimum absolute atomic E-state index is 0.0149. The molecule has 1 saturated heterocycles. The summed E-state index contributed by atoms with van der Waals surface area (Å²) in [6.45, 7) is -0.639. The molecule has 1 fully saturated rings. The average Bonchev–Trinajstić information content (AvgIpc) is 2.78. The van der Waals surface area contributed by atoms with E-state index in [9.17, 15) is 35.4 Å². The fourth-order valence-electron chi connectivity index (χ4n) is 3.94. The van der Waals surface area contributed by atoms with Crippen LogP contribution >= 0.6 is 0 Å². The highest BCUT2D eigenvalue weighted by Gasteiger charge is 2.45. The zero-order chi connectivity index (χ0) is 23.9. The fourth-order valence-corrected chi connectivity index (χ4v) is 3.94. The molecule has 0 spiro atoms. The number of ether oxygens (including phenoxy) is 4. The van der Waals surface area contributed by atoms with Crippen molar-refractivity contribution in [2.24, 2.45) is 0 Å². The monoisotopic (exact) mass is 464 g/mol. The molecule has 0 bridgehead atoms. The number of methoxy groups -OCH3 is 1. The summed E-state index contributed by atoms with van der Waals surface area (Å²) < 4.78 is 22.1. The smallest absolute Gasteiger partial charge is 0.229 e. The van der Waals surface area contributed by atoms with Crippen molar-refractivity contribution in [3.63, 3.8) is 0 Å². The summed E-state index contributed by atoms with van der Waals surface area (Å²) in [4.78, 5) is 12.8. The van der Waals surface area contributed by atoms with Crippen molar-refractivity contribution < 1.29 is 54.4 Å². The zero-order valence-corrected chi connectivity index (χ0v) is 17.5. The number of fused-ring (bicyclic) bond motifs is 1. The Morgan fingerprint density at radius 2 is 1.82 bits per heavy atom. The predicted octanol–water partition coefficient (Wildman–Crippen LogP) is -0.00840. The number of rotatable bonds is 5. The predicted molar refractivity (Wildman–Crippen MR) is 109 cm³/mol. The highest BCUT2D eigenvalue weighted by atomic mass is 16.7. The van der Waals surface area contributed by atoms with E-state index >= 15 is 0 Å². The third kappa shape index (κ3) is 4.16. The first-order valence-electron chi connectivity index (χ1n) is 10.1. The van der Waals surface area contributed by atoms with Crippen LogP contribution in [0.1, 0.15) is 28.4 Å². The number of Topliss-reactive ketones (excluding diaryl/α,β-unsaturated/α-hetero) is 1. The molecule has 2 aromatic carbocycles. The quantitative estimate of drug-likeness (QED) is 0.351. The summed E-state index contributed by atoms with van der Waals surface area (Å²) in [6.07, 6.45) is -8.86. The van der Waals surface area contributed by atoms with E-state index in [-0.39, 0.29) is 46.3 Å². The lowest BCUT2D eigenvalue weighted by atomic mass is 9.94. The lowest BCUT2D eigenvalue weighted by molar-refractivity contribution is -0.277. The van der Waals surface area contributed by atoms with Gasteiger partial charge in [-0.1, -0.05) is 6.07 Å². The summed E-state index contributed by atoms with van der Waals surface area (Å²) in [5.41, 5.74) is 0.0506. The van der Waals surface area contributed by atoms with Gasteiger partial charge >= 0.3 is 0 Å². The molecule has 11 heteroatoms. The van der Waals surface area contributed by atoms with E-state index in [1.165, 1.54) is 37.4 Å². The first-order chi connectivity index (χ1) is 15.7. The number of carbonyl (C=O) groups is 1. The van der Waals surface area contributed by atoms with E-state index in [0.717, 1.165) is 0 Å². The summed E-state index contributed by atoms with van der Waals surface area (Å²) in [5, 5.41) is 60.3. The second-order valence-electron chi connectivity index (χ2n) is 7.76. The second-order valence-corrected chi connectivity index (χ2v) is 7.76. The Labute approximate surface area is 188 Å². The Kier molecular flexibility index (Phi) is 6.32. The molecule has 6 N–H and O–H groups in total. The van der Waals surface area contributed by atoms with Gasteiger partial charge in [0.25, 0.3) is 0 Å². The van der Waals surface area contributed by atoms with Crippen molar-refractivity contribution in [2.45, 2.75) is 43.2 Å². The highest BCUT2D eigenvalue weighted by molar-refractivity contribution is 6.02. The summed E-state index contributed by atoms with van der Waals surface area (Å²) in [7, 11) is 1.39. The van der Waals surface area contributed by atoms with Crippen LogP contribution in [0.25, 0.3) is 0 Å². The van der Waals surface area contributed by atoms with Crippen LogP contribution in [-0.4, -0.2) is 80.8 Å². The van der Waals surface area contributed by atoms with Gasteiger partial charge in [-0.05, 0) is 12.1 Å². The highest BCUT2D eigenvalue weighted by Crippen LogP contribution is 2.46. The molecule has 2 heterocycles. The third-order valence-corrected chi connectivity index (χ3v) is 5.67. The van der Waals surface area contributed by atoms with Crippen LogP contribution in [0.3, 0.4) is 0 Å². The van der Waals surface area contributed by atoms with Gasteiger partial charge < -0.3 is 49.6 Å². The maximum absolute atomic E-state index is 12.8. The minimum atomic E-state index is -1.67. The van der Waals surface area contributed by atoms with Crippen molar-refractivity contribution in [3.8, 4) is 28.7 Å². The maximum Gasteiger partial charge on any atom is 0.229 e. The maximum atomic E-state index is 12.8. The average molecular weight is 464 g/mol. The third-order valence-electron chi connectivity index (χ3n) is 5.67. The standard InChI is InChI=1S/C22H24O11/c1-30-9-5-11(25)17-12(26)7-15(31-14(17)6-9)18-10(24)3-2-4-13(18)32-22-21(29)20(28)19(27)16(8-23)33-22/h2-6,15-16,19-25,27-29H,7-8H2,1H3/t15-,16-,19+,20-,21+,22+/m0/s1. The van der Waals surface area contributed by atoms with Crippen molar-refractivity contribution in [1.82, 2.24) is 0 Å². The molecule has 0 unspecified atom stereocenters. The number of aliphatic hydroxyl groups excluding tert-OH is 4. The van der Waals surface area contributed by atoms with Crippen LogP contribution in [0.5, 0.6) is 28.7 Å². The van der Waals surface area contributed by atoms with Crippen molar-refractivity contribution in [1.29, 1.82) is 0 Å². The summed E-state index contributed by atoms with van der Waals surface area (Å²) in [6, 6.07) is 6.95. The van der Waals surface area contributed by atoms with Crippen molar-refractivity contribution in [3.05, 3.63) is 41.5 Å². The first-order valence-corrected chi connectivity index (χ1v) is 10.1. The number of aliphatic hydroxyl groups is 4. The topological polar surface area (TPSA) is 175 Å². The van der Waals surface area contributed by atoms with Gasteiger partial charge in [-0.15, -0.1) is 0 Å². The summed E-state index contributed by atoms with van der Waals surface area (Å²) in [5.74, 6) is -0.727. The molecule has 0 aliphatic carbocycles. The number of carbonyl (C=O) groups excluding carboxylic acids is 1. The number of phenolic OH excluding ortho intramolecular Hbond substituents is 2. The van der Waals surface area contributed by atoms with E-state index in [0.29, 0.717) is 0 Å². The van der Waals surface area contributed by atoms with E-state index in [1.807, 2.05) is 0 Å². The Morgan fingerprint density at radius 3 is 2.52 bits per heavy atom. The lowest BCUT2D eigenvalue weighted by Crippen LogP contribution is -2.60. The van der Waals surface area contributed by atoms with E-state index in [2.05, 4.69) is 0 Å². The fraction of sp³-hybridized carbons (Fsp3) is 0.409. The van der Waals surface area contributed by atoms with Gasteiger partial charge in [-0.3, -0.25) is 4.79 Å². The van der Waals surface area contributed by atoms with Gasteiger partial charge in [0, 0.05) is 12.1 Å². The summed E-state index contributed by atoms with van der Waals surface area (Å²) >= 11 is 0. The Bertz CT molecular complexity index is 1040. The first kappa shape index (κ1) is 23.1. The van der Waals surface area contributed by atoms with Gasteiger partial charge in [0.15, 0.2) is 5.78 Å². The molecule has 2 aromatic rings. The minimum Gasteiger partial charge on any atom is -0.507 e. The van der Waals surface area contributed by atoms with Crippen LogP contribution in [0, 0.1) is 0 Å². The Hall–Kier alpha value is -3.09. The SMILES string of the molecule is COc1cc(O)c2c(c1)O[C@H](c1c(O)cccc1O[C@@H]1O[C@@H](CO)[C@@H](O)[C@H](O)[C@H]1O)CC2=O. The molecule has 0 amide bonds. The number of aromatic hydroxyl groups is 2. The molecule has 0 aromatic heterocycles. The largest absolute Gasteiger partial charge is 0.507 e. The molecule has 11 nitrogen and oxygen atoms in total. The Morgan fingerprint density at radius 1 is 1.06 bits per heavy atom. The van der Waals surface area contributed by atoms with E-state index < -0.39 is 49.2 Å². The zero-order valence-electron chi connectivity index (χ0n) is 17.5. The van der Waals surface area contributed by atoms with Crippen LogP contribution < -0.4 is 14.2 Å². The molecule has 4 rings (SSSR count). The molecule has 33 heavy (non-hydrogen) atoms. The molecular weight excluding hydrogens is 440 g/mol. The second kappa shape index (κ2) is 9.04. The van der Waals surface area contributed by atoms with Crippen molar-refractivity contribution in [2.75, 3.05) is 13.7 Å². The van der Waals surface area contributed by atoms with Gasteiger partial charge in [0.05, 0.1) is 25.7 Å². The number of hydrogen-bond donors (Lipinski definition) is 6. The molecular formula is C22H24O11. The van der Waals surface area contributed by atoms with Crippen LogP contribution in [0.15, 0.2) is 30.3 Å². The molecule has 0 radical (unpaired) electrons. The van der Waals surface area contributed by atoms with Crippen LogP contribution in [-0.2, 0) is 4.74 Å². The van der Waals surface area contributed by atoms with Gasteiger partial charge in [0.2, 0.25) is 6.29 Å². The van der Waals surface area contributed by atoms with Gasteiger partial charge in [-0.25, -0.2) is 0 Å². The van der Waals surface area contributed by atoms with Crippen LogP contribution in [0.2, 0.25) is 0 Å².